The van der Waals surface area contributed by atoms with Crippen LogP contribution in [0.2, 0.25) is 0 Å². The molecule has 2 nitrogen and oxygen atoms in total. The van der Waals surface area contributed by atoms with Crippen LogP contribution in [0.25, 0.3) is 0 Å². The fourth-order valence-corrected chi connectivity index (χ4v) is 12.6. The Labute approximate surface area is 355 Å². The molecule has 0 N–H and O–H groups in total. The largest absolute Gasteiger partial charge is 0.311 e. The van der Waals surface area contributed by atoms with Gasteiger partial charge in [-0.1, -0.05) is 134 Å². The fourth-order valence-electron chi connectivity index (χ4n) is 10.9. The molecule has 5 aromatic rings. The minimum atomic E-state index is 0.0570. The van der Waals surface area contributed by atoms with Gasteiger partial charge in [-0.2, -0.15) is 11.3 Å². The van der Waals surface area contributed by atoms with Crippen LogP contribution in [0.15, 0.2) is 72.8 Å². The number of thiophene rings is 1. The minimum absolute atomic E-state index is 0.0570. The van der Waals surface area contributed by atoms with Crippen molar-refractivity contribution in [1.29, 1.82) is 0 Å². The standard InChI is InChI=1S/C54H67BN2S/c1-16-33-29-42-45-43(30-33)57(37-23-19-35(20-24-37)50(5,6)7)46-44-47(54(14,15)28-27-53(44,12)13)58-48(46)55(45)40-31-38-39(52(10,11)26-25-51(38,8)9)32-41(40)56(42)36-21-17-34(18-22-36)49(2,3)4/h17-24,29-32H,16,25-28H2,1-15H3. The first-order chi connectivity index (χ1) is 26.9. The van der Waals surface area contributed by atoms with Gasteiger partial charge in [0.15, 0.2) is 0 Å². The number of hydrogen-bond acceptors (Lipinski definition) is 3. The normalized spacial score (nSPS) is 19.5. The summed E-state index contributed by atoms with van der Waals surface area (Å²) in [6.07, 6.45) is 5.78. The van der Waals surface area contributed by atoms with Crippen LogP contribution in [-0.2, 0) is 38.9 Å². The number of benzene rings is 4. The van der Waals surface area contributed by atoms with Crippen LogP contribution >= 0.6 is 11.3 Å². The second-order valence-corrected chi connectivity index (χ2v) is 24.2. The minimum Gasteiger partial charge on any atom is -0.311 e. The summed E-state index contributed by atoms with van der Waals surface area (Å²) in [5.74, 6) is 0. The van der Waals surface area contributed by atoms with Crippen LogP contribution < -0.4 is 25.5 Å². The predicted molar refractivity (Wildman–Crippen MR) is 256 cm³/mol. The Morgan fingerprint density at radius 1 is 0.569 bits per heavy atom. The highest BCUT2D eigenvalue weighted by molar-refractivity contribution is 7.29. The molecule has 0 radical (unpaired) electrons. The van der Waals surface area contributed by atoms with Crippen molar-refractivity contribution in [2.45, 2.75) is 168 Å². The van der Waals surface area contributed by atoms with E-state index in [4.69, 9.17) is 0 Å². The molecule has 58 heavy (non-hydrogen) atoms. The van der Waals surface area contributed by atoms with Gasteiger partial charge in [-0.3, -0.25) is 0 Å². The van der Waals surface area contributed by atoms with Crippen molar-refractivity contribution in [1.82, 2.24) is 0 Å². The molecule has 0 saturated carbocycles. The van der Waals surface area contributed by atoms with E-state index < -0.39 is 0 Å². The second-order valence-electron chi connectivity index (χ2n) is 23.1. The summed E-state index contributed by atoms with van der Waals surface area (Å²) in [4.78, 5) is 6.99. The zero-order valence-electron chi connectivity index (χ0n) is 38.3. The highest BCUT2D eigenvalue weighted by Gasteiger charge is 2.52. The summed E-state index contributed by atoms with van der Waals surface area (Å²) in [5, 5.41) is 0. The van der Waals surface area contributed by atoms with E-state index in [-0.39, 0.29) is 39.2 Å². The lowest BCUT2D eigenvalue weighted by Crippen LogP contribution is -2.61. The van der Waals surface area contributed by atoms with Gasteiger partial charge in [0, 0.05) is 38.1 Å². The van der Waals surface area contributed by atoms with Gasteiger partial charge in [0.25, 0.3) is 6.71 Å². The van der Waals surface area contributed by atoms with Crippen molar-refractivity contribution in [3.63, 3.8) is 0 Å². The lowest BCUT2D eigenvalue weighted by Gasteiger charge is -2.47. The maximum atomic E-state index is 2.73. The molecular weight excluding hydrogens is 719 g/mol. The zero-order chi connectivity index (χ0) is 41.7. The highest BCUT2D eigenvalue weighted by Crippen LogP contribution is 2.57. The smallest absolute Gasteiger partial charge is 0.264 e. The Balaban J connectivity index is 1.43. The summed E-state index contributed by atoms with van der Waals surface area (Å²) in [7, 11) is 0. The summed E-state index contributed by atoms with van der Waals surface area (Å²) >= 11 is 2.14. The molecule has 0 fully saturated rings. The van der Waals surface area contributed by atoms with Gasteiger partial charge in [0.05, 0.1) is 5.69 Å². The second kappa shape index (κ2) is 12.6. The highest BCUT2D eigenvalue weighted by atomic mass is 32.1. The topological polar surface area (TPSA) is 6.48 Å². The van der Waals surface area contributed by atoms with Crippen molar-refractivity contribution in [2.75, 3.05) is 9.80 Å². The number of fused-ring (bicyclic) bond motifs is 7. The van der Waals surface area contributed by atoms with Gasteiger partial charge < -0.3 is 9.80 Å². The van der Waals surface area contributed by atoms with Crippen molar-refractivity contribution in [3.05, 3.63) is 111 Å². The van der Waals surface area contributed by atoms with E-state index in [1.165, 1.54) is 97.8 Å². The number of aryl methyl sites for hydroxylation is 1. The van der Waals surface area contributed by atoms with Crippen molar-refractivity contribution < 1.29 is 0 Å². The molecule has 0 amide bonds. The third-order valence-electron chi connectivity index (χ3n) is 15.0. The lowest BCUT2D eigenvalue weighted by molar-refractivity contribution is 0.332. The Morgan fingerprint density at radius 2 is 1.03 bits per heavy atom. The average Bonchev–Trinajstić information content (AvgIpc) is 3.57. The van der Waals surface area contributed by atoms with Gasteiger partial charge in [0.1, 0.15) is 0 Å². The van der Waals surface area contributed by atoms with Crippen LogP contribution in [0.3, 0.4) is 0 Å². The third kappa shape index (κ3) is 5.92. The Bertz CT molecular complexity index is 2460. The molecule has 4 aliphatic rings. The van der Waals surface area contributed by atoms with Crippen LogP contribution in [0.5, 0.6) is 0 Å². The number of anilines is 6. The molecule has 302 valence electrons. The van der Waals surface area contributed by atoms with Crippen LogP contribution in [-0.4, -0.2) is 6.71 Å². The Kier molecular flexibility index (Phi) is 8.65. The van der Waals surface area contributed by atoms with E-state index >= 15 is 0 Å². The zero-order valence-corrected chi connectivity index (χ0v) is 39.2. The summed E-state index contributed by atoms with van der Waals surface area (Å²) in [6.45, 7) is 36.5. The Hall–Kier alpha value is -3.76. The van der Waals surface area contributed by atoms with E-state index in [0.29, 0.717) is 0 Å². The number of hydrogen-bond donors (Lipinski definition) is 0. The quantitative estimate of drug-likeness (QED) is 0.165. The molecule has 0 bridgehead atoms. The molecule has 1 aromatic heterocycles. The van der Waals surface area contributed by atoms with Crippen molar-refractivity contribution >= 4 is 67.9 Å². The monoisotopic (exact) mass is 787 g/mol. The molecule has 0 spiro atoms. The van der Waals surface area contributed by atoms with E-state index in [0.717, 1.165) is 6.42 Å². The first-order valence-corrected chi connectivity index (χ1v) is 23.1. The first-order valence-electron chi connectivity index (χ1n) is 22.3. The molecule has 4 heteroatoms. The van der Waals surface area contributed by atoms with E-state index in [2.05, 4.69) is 198 Å². The van der Waals surface area contributed by atoms with E-state index in [9.17, 15) is 0 Å². The van der Waals surface area contributed by atoms with Crippen molar-refractivity contribution in [3.8, 4) is 0 Å². The molecule has 9 rings (SSSR count). The van der Waals surface area contributed by atoms with Gasteiger partial charge in [-0.15, -0.1) is 0 Å². The molecule has 2 aliphatic heterocycles. The molecule has 0 unspecified atom stereocenters. The number of nitrogens with zero attached hydrogens (tertiary/aromatic N) is 2. The fraction of sp³-hybridized carbons (Fsp3) is 0.481. The van der Waals surface area contributed by atoms with Crippen LogP contribution in [0.1, 0.15) is 168 Å². The molecule has 4 aromatic carbocycles. The van der Waals surface area contributed by atoms with Gasteiger partial charge in [-0.05, 0) is 151 Å². The molecular formula is C54H67BN2S. The molecule has 0 saturated heterocycles. The van der Waals surface area contributed by atoms with E-state index in [1.54, 1.807) is 16.0 Å². The van der Waals surface area contributed by atoms with Crippen molar-refractivity contribution in [2.24, 2.45) is 0 Å². The number of rotatable bonds is 3. The maximum absolute atomic E-state index is 2.73. The Morgan fingerprint density at radius 3 is 1.55 bits per heavy atom. The summed E-state index contributed by atoms with van der Waals surface area (Å²) in [5.41, 5.74) is 20.3. The van der Waals surface area contributed by atoms with Crippen LogP contribution in [0.4, 0.5) is 34.1 Å². The molecule has 0 atom stereocenters. The predicted octanol–water partition coefficient (Wildman–Crippen LogP) is 13.7. The lowest BCUT2D eigenvalue weighted by atomic mass is 9.35. The first kappa shape index (κ1) is 39.7. The molecule has 3 heterocycles. The summed E-state index contributed by atoms with van der Waals surface area (Å²) < 4.78 is 1.53. The van der Waals surface area contributed by atoms with E-state index in [1.807, 2.05) is 0 Å². The van der Waals surface area contributed by atoms with Gasteiger partial charge >= 0.3 is 0 Å². The third-order valence-corrected chi connectivity index (χ3v) is 16.6. The maximum Gasteiger partial charge on any atom is 0.264 e. The van der Waals surface area contributed by atoms with Crippen LogP contribution in [0, 0.1) is 0 Å². The van der Waals surface area contributed by atoms with Gasteiger partial charge in [0.2, 0.25) is 0 Å². The SMILES string of the molecule is CCc1cc2c3c(c1)N(c1ccc(C(C)(C)C)cc1)c1c(sc4c1C(C)(C)CCC4(C)C)B3c1cc3c(cc1N2c1ccc(C(C)(C)C)cc1)C(C)(C)CCC3(C)C. The summed E-state index contributed by atoms with van der Waals surface area (Å²) in [6, 6.07) is 29.6. The van der Waals surface area contributed by atoms with Gasteiger partial charge in [-0.25, -0.2) is 0 Å². The molecule has 2 aliphatic carbocycles. The average molecular weight is 787 g/mol.